The van der Waals surface area contributed by atoms with Crippen LogP contribution in [0.2, 0.25) is 4.34 Å². The number of hydrogen-bond acceptors (Lipinski definition) is 6. The fourth-order valence-corrected chi connectivity index (χ4v) is 4.58. The number of likely N-dealkylation sites (N-methyl/N-ethyl adjacent to an activating group) is 1. The van der Waals surface area contributed by atoms with Gasteiger partial charge in [-0.05, 0) is 30.2 Å². The Morgan fingerprint density at radius 2 is 1.93 bits per heavy atom. The molecule has 0 bridgehead atoms. The SMILES string of the molecule is Cc1sc(Cl)cc1C1(c2cccc(-c3cncnc3)c2)N=C(N)N(C)C1=O. The zero-order valence-corrected chi connectivity index (χ0v) is 16.3. The number of aliphatic imine (C=N–C) groups is 1. The zero-order valence-electron chi connectivity index (χ0n) is 14.7. The van der Waals surface area contributed by atoms with Gasteiger partial charge < -0.3 is 5.73 Å². The molecule has 0 saturated heterocycles. The van der Waals surface area contributed by atoms with Gasteiger partial charge in [-0.3, -0.25) is 9.69 Å². The van der Waals surface area contributed by atoms with E-state index < -0.39 is 5.54 Å². The van der Waals surface area contributed by atoms with Gasteiger partial charge in [-0.1, -0.05) is 29.8 Å². The van der Waals surface area contributed by atoms with Crippen molar-refractivity contribution >= 4 is 34.8 Å². The standard InChI is InChI=1S/C19H16ClN5OS/c1-11-15(7-16(20)27-11)19(17(26)25(2)18(21)24-19)14-5-3-4-12(6-14)13-8-22-10-23-9-13/h3-10H,1-2H3,(H2,21,24). The number of amides is 1. The second kappa shape index (κ2) is 6.44. The number of nitrogens with two attached hydrogens (primary N) is 1. The van der Waals surface area contributed by atoms with E-state index in [1.165, 1.54) is 22.6 Å². The summed E-state index contributed by atoms with van der Waals surface area (Å²) in [6.07, 6.45) is 4.93. The lowest BCUT2D eigenvalue weighted by atomic mass is 9.82. The summed E-state index contributed by atoms with van der Waals surface area (Å²) >= 11 is 7.66. The minimum atomic E-state index is -1.25. The van der Waals surface area contributed by atoms with Crippen LogP contribution in [0, 0.1) is 6.92 Å². The molecule has 2 N–H and O–H groups in total. The maximum atomic E-state index is 13.3. The molecule has 6 nitrogen and oxygen atoms in total. The Morgan fingerprint density at radius 3 is 2.52 bits per heavy atom. The van der Waals surface area contributed by atoms with Crippen molar-refractivity contribution in [2.45, 2.75) is 12.5 Å². The molecule has 1 amide bonds. The average Bonchev–Trinajstić information content (AvgIpc) is 3.14. The maximum absolute atomic E-state index is 13.3. The largest absolute Gasteiger partial charge is 0.369 e. The first-order chi connectivity index (χ1) is 12.9. The number of carbonyl (C=O) groups excluding carboxylic acids is 1. The maximum Gasteiger partial charge on any atom is 0.266 e. The lowest BCUT2D eigenvalue weighted by Gasteiger charge is -2.26. The van der Waals surface area contributed by atoms with Crippen LogP contribution in [-0.4, -0.2) is 33.8 Å². The van der Waals surface area contributed by atoms with Crippen LogP contribution in [0.1, 0.15) is 16.0 Å². The molecule has 27 heavy (non-hydrogen) atoms. The summed E-state index contributed by atoms with van der Waals surface area (Å²) in [7, 11) is 1.63. The van der Waals surface area contributed by atoms with E-state index in [0.717, 1.165) is 27.1 Å². The Kier molecular flexibility index (Phi) is 4.20. The summed E-state index contributed by atoms with van der Waals surface area (Å²) in [5.41, 5.74) is 7.99. The molecular formula is C19H16ClN5OS. The number of nitrogens with zero attached hydrogens (tertiary/aromatic N) is 4. The quantitative estimate of drug-likeness (QED) is 0.735. The first-order valence-electron chi connectivity index (χ1n) is 8.19. The molecule has 136 valence electrons. The number of halogens is 1. The van der Waals surface area contributed by atoms with Crippen LogP contribution in [0.15, 0.2) is 54.0 Å². The van der Waals surface area contributed by atoms with Gasteiger partial charge in [-0.2, -0.15) is 0 Å². The number of carbonyl (C=O) groups is 1. The van der Waals surface area contributed by atoms with E-state index in [-0.39, 0.29) is 11.9 Å². The average molecular weight is 398 g/mol. The van der Waals surface area contributed by atoms with Crippen LogP contribution in [0.3, 0.4) is 0 Å². The number of aromatic nitrogens is 2. The summed E-state index contributed by atoms with van der Waals surface area (Å²) in [6, 6.07) is 9.44. The zero-order chi connectivity index (χ0) is 19.2. The fraction of sp³-hybridized carbons (Fsp3) is 0.158. The van der Waals surface area contributed by atoms with E-state index in [1.807, 2.05) is 31.2 Å². The van der Waals surface area contributed by atoms with Crippen molar-refractivity contribution in [2.24, 2.45) is 10.7 Å². The monoisotopic (exact) mass is 397 g/mol. The summed E-state index contributed by atoms with van der Waals surface area (Å²) in [5.74, 6) is -0.0331. The minimum absolute atomic E-state index is 0.176. The molecule has 8 heteroatoms. The van der Waals surface area contributed by atoms with Gasteiger partial charge in [0.15, 0.2) is 11.5 Å². The molecule has 1 unspecified atom stereocenters. The number of guanidine groups is 1. The van der Waals surface area contributed by atoms with Crippen LogP contribution in [0.25, 0.3) is 11.1 Å². The Balaban J connectivity index is 1.97. The Hall–Kier alpha value is -2.77. The fourth-order valence-electron chi connectivity index (χ4n) is 3.34. The normalized spacial score (nSPS) is 19.4. The van der Waals surface area contributed by atoms with Crippen molar-refractivity contribution < 1.29 is 4.79 Å². The van der Waals surface area contributed by atoms with Crippen molar-refractivity contribution in [3.63, 3.8) is 0 Å². The molecule has 1 aliphatic heterocycles. The Morgan fingerprint density at radius 1 is 1.19 bits per heavy atom. The van der Waals surface area contributed by atoms with Gasteiger partial charge in [-0.15, -0.1) is 11.3 Å². The number of hydrogen-bond donors (Lipinski definition) is 1. The number of thiophene rings is 1. The van der Waals surface area contributed by atoms with E-state index in [2.05, 4.69) is 15.0 Å². The van der Waals surface area contributed by atoms with Crippen LogP contribution in [-0.2, 0) is 10.3 Å². The first kappa shape index (κ1) is 17.6. The molecule has 1 aromatic carbocycles. The topological polar surface area (TPSA) is 84.5 Å². The molecule has 0 spiro atoms. The van der Waals surface area contributed by atoms with Gasteiger partial charge in [0.2, 0.25) is 0 Å². The van der Waals surface area contributed by atoms with E-state index in [9.17, 15) is 4.79 Å². The van der Waals surface area contributed by atoms with Gasteiger partial charge >= 0.3 is 0 Å². The predicted octanol–water partition coefficient (Wildman–Crippen LogP) is 3.20. The third kappa shape index (κ3) is 2.70. The number of benzene rings is 1. The summed E-state index contributed by atoms with van der Waals surface area (Å²) in [6.45, 7) is 1.93. The van der Waals surface area contributed by atoms with E-state index in [1.54, 1.807) is 25.5 Å². The van der Waals surface area contributed by atoms with Gasteiger partial charge in [0, 0.05) is 35.4 Å². The molecule has 0 radical (unpaired) electrons. The van der Waals surface area contributed by atoms with Crippen molar-refractivity contribution in [2.75, 3.05) is 7.05 Å². The molecule has 0 saturated carbocycles. The third-order valence-electron chi connectivity index (χ3n) is 4.69. The molecule has 2 aromatic heterocycles. The Labute approximate surface area is 165 Å². The highest BCUT2D eigenvalue weighted by molar-refractivity contribution is 7.16. The van der Waals surface area contributed by atoms with Crippen molar-refractivity contribution in [1.29, 1.82) is 0 Å². The van der Waals surface area contributed by atoms with Gasteiger partial charge in [0.25, 0.3) is 5.91 Å². The van der Waals surface area contributed by atoms with Crippen molar-refractivity contribution in [3.05, 3.63) is 69.4 Å². The molecule has 3 heterocycles. The highest BCUT2D eigenvalue weighted by Gasteiger charge is 2.50. The van der Waals surface area contributed by atoms with Gasteiger partial charge in [0.1, 0.15) is 6.33 Å². The highest BCUT2D eigenvalue weighted by Crippen LogP contribution is 2.44. The van der Waals surface area contributed by atoms with E-state index in [4.69, 9.17) is 17.3 Å². The molecule has 0 aliphatic carbocycles. The second-order valence-corrected chi connectivity index (χ2v) is 8.16. The van der Waals surface area contributed by atoms with Gasteiger partial charge in [-0.25, -0.2) is 15.0 Å². The first-order valence-corrected chi connectivity index (χ1v) is 9.38. The minimum Gasteiger partial charge on any atom is -0.369 e. The summed E-state index contributed by atoms with van der Waals surface area (Å²) in [4.78, 5) is 28.4. The number of aryl methyl sites for hydroxylation is 1. The Bertz CT molecular complexity index is 1060. The lowest BCUT2D eigenvalue weighted by molar-refractivity contribution is -0.129. The molecule has 1 atom stereocenters. The lowest BCUT2D eigenvalue weighted by Crippen LogP contribution is -2.41. The summed E-state index contributed by atoms with van der Waals surface area (Å²) in [5, 5.41) is 0. The third-order valence-corrected chi connectivity index (χ3v) is 5.87. The van der Waals surface area contributed by atoms with E-state index in [0.29, 0.717) is 4.34 Å². The summed E-state index contributed by atoms with van der Waals surface area (Å²) < 4.78 is 0.602. The van der Waals surface area contributed by atoms with Crippen LogP contribution in [0.5, 0.6) is 0 Å². The van der Waals surface area contributed by atoms with Crippen LogP contribution < -0.4 is 5.73 Å². The molecule has 3 aromatic rings. The van der Waals surface area contributed by atoms with Gasteiger partial charge in [0.05, 0.1) is 4.34 Å². The van der Waals surface area contributed by atoms with E-state index >= 15 is 0 Å². The van der Waals surface area contributed by atoms with Crippen molar-refractivity contribution in [1.82, 2.24) is 14.9 Å². The predicted molar refractivity (Wildman–Crippen MR) is 107 cm³/mol. The van der Waals surface area contributed by atoms with Crippen LogP contribution >= 0.6 is 22.9 Å². The smallest absolute Gasteiger partial charge is 0.266 e. The van der Waals surface area contributed by atoms with Crippen molar-refractivity contribution in [3.8, 4) is 11.1 Å². The molecule has 1 aliphatic rings. The molecule has 0 fully saturated rings. The van der Waals surface area contributed by atoms with Crippen LogP contribution in [0.4, 0.5) is 0 Å². The number of rotatable bonds is 3. The molecular weight excluding hydrogens is 382 g/mol. The highest BCUT2D eigenvalue weighted by atomic mass is 35.5. The molecule has 4 rings (SSSR count). The second-order valence-electron chi connectivity index (χ2n) is 6.27.